The number of hydrogen-bond acceptors (Lipinski definition) is 5. The van der Waals surface area contributed by atoms with Crippen molar-refractivity contribution >= 4 is 11.9 Å². The third kappa shape index (κ3) is 7.32. The van der Waals surface area contributed by atoms with Crippen LogP contribution in [-0.2, 0) is 16.0 Å². The molecule has 34 heavy (non-hydrogen) atoms. The Balaban J connectivity index is 1.48. The van der Waals surface area contributed by atoms with E-state index in [1.54, 1.807) is 13.8 Å². The molecule has 0 aromatic heterocycles. The van der Waals surface area contributed by atoms with Gasteiger partial charge in [0.25, 0.3) is 5.91 Å². The highest BCUT2D eigenvalue weighted by Gasteiger charge is 2.35. The maximum absolute atomic E-state index is 12.8. The Kier molecular flexibility index (Phi) is 9.11. The predicted octanol–water partition coefficient (Wildman–Crippen LogP) is 4.58. The van der Waals surface area contributed by atoms with Crippen LogP contribution in [0, 0.1) is 12.8 Å². The van der Waals surface area contributed by atoms with Crippen molar-refractivity contribution < 1.29 is 19.1 Å². The maximum Gasteiger partial charge on any atom is 0.350 e. The number of carbonyl (C=O) groups excluding carboxylic acids is 2. The van der Waals surface area contributed by atoms with E-state index >= 15 is 0 Å². The van der Waals surface area contributed by atoms with E-state index in [1.807, 2.05) is 55.5 Å². The number of amides is 1. The molecule has 0 saturated heterocycles. The van der Waals surface area contributed by atoms with E-state index in [2.05, 4.69) is 5.32 Å². The van der Waals surface area contributed by atoms with Crippen LogP contribution in [0.5, 0.6) is 5.75 Å². The van der Waals surface area contributed by atoms with Crippen molar-refractivity contribution in [2.24, 2.45) is 11.7 Å². The van der Waals surface area contributed by atoms with Crippen LogP contribution in [0.2, 0.25) is 0 Å². The fourth-order valence-corrected chi connectivity index (χ4v) is 4.31. The average Bonchev–Trinajstić information content (AvgIpc) is 2.84. The van der Waals surface area contributed by atoms with Crippen LogP contribution in [0.4, 0.5) is 0 Å². The minimum Gasteiger partial charge on any atom is -0.476 e. The molecule has 1 unspecified atom stereocenters. The van der Waals surface area contributed by atoms with Gasteiger partial charge in [-0.1, -0.05) is 49.1 Å². The van der Waals surface area contributed by atoms with Gasteiger partial charge < -0.3 is 20.5 Å². The van der Waals surface area contributed by atoms with Gasteiger partial charge in [0.05, 0.1) is 0 Å². The Bertz CT molecular complexity index is 932. The SMILES string of the molecule is Cc1ccc(C(=O)NCCc2ccc(OC(C)(C)C(=O)OC(CN)C3CCCCC3)cc2)cc1. The molecule has 0 spiro atoms. The minimum atomic E-state index is -1.12. The third-order valence-electron chi connectivity index (χ3n) is 6.47. The molecule has 2 aromatic carbocycles. The van der Waals surface area contributed by atoms with E-state index < -0.39 is 11.6 Å². The lowest BCUT2D eigenvalue weighted by Crippen LogP contribution is -2.45. The van der Waals surface area contributed by atoms with Crippen LogP contribution < -0.4 is 15.8 Å². The van der Waals surface area contributed by atoms with Gasteiger partial charge in [-0.2, -0.15) is 0 Å². The lowest BCUT2D eigenvalue weighted by molar-refractivity contribution is -0.167. The number of nitrogens with two attached hydrogens (primary N) is 1. The van der Waals surface area contributed by atoms with Gasteiger partial charge in [0.1, 0.15) is 11.9 Å². The molecule has 1 aliphatic rings. The number of benzene rings is 2. The quantitative estimate of drug-likeness (QED) is 0.501. The third-order valence-corrected chi connectivity index (χ3v) is 6.47. The van der Waals surface area contributed by atoms with E-state index in [-0.39, 0.29) is 12.0 Å². The summed E-state index contributed by atoms with van der Waals surface area (Å²) in [6.45, 7) is 6.30. The Morgan fingerprint density at radius 3 is 2.29 bits per heavy atom. The van der Waals surface area contributed by atoms with Crippen molar-refractivity contribution in [3.05, 3.63) is 65.2 Å². The zero-order valence-corrected chi connectivity index (χ0v) is 20.6. The second-order valence-electron chi connectivity index (χ2n) is 9.71. The Morgan fingerprint density at radius 2 is 1.68 bits per heavy atom. The Hall–Kier alpha value is -2.86. The Morgan fingerprint density at radius 1 is 1.03 bits per heavy atom. The summed E-state index contributed by atoms with van der Waals surface area (Å²) < 4.78 is 11.8. The fourth-order valence-electron chi connectivity index (χ4n) is 4.31. The summed E-state index contributed by atoms with van der Waals surface area (Å²) in [4.78, 5) is 25.1. The predicted molar refractivity (Wildman–Crippen MR) is 134 cm³/mol. The molecule has 0 heterocycles. The van der Waals surface area contributed by atoms with Crippen LogP contribution in [-0.4, -0.2) is 36.7 Å². The first-order valence-electron chi connectivity index (χ1n) is 12.3. The molecular formula is C28H38N2O4. The molecular weight excluding hydrogens is 428 g/mol. The van der Waals surface area contributed by atoms with E-state index in [0.29, 0.717) is 36.7 Å². The molecule has 0 radical (unpaired) electrons. The molecule has 1 fully saturated rings. The average molecular weight is 467 g/mol. The van der Waals surface area contributed by atoms with Crippen LogP contribution >= 0.6 is 0 Å². The summed E-state index contributed by atoms with van der Waals surface area (Å²) in [5.41, 5.74) is 7.65. The lowest BCUT2D eigenvalue weighted by Gasteiger charge is -2.32. The number of ether oxygens (including phenoxy) is 2. The zero-order chi connectivity index (χ0) is 24.6. The first-order chi connectivity index (χ1) is 16.3. The monoisotopic (exact) mass is 466 g/mol. The normalized spacial score (nSPS) is 15.4. The van der Waals surface area contributed by atoms with Crippen molar-refractivity contribution in [1.29, 1.82) is 0 Å². The van der Waals surface area contributed by atoms with Crippen molar-refractivity contribution in [3.63, 3.8) is 0 Å². The van der Waals surface area contributed by atoms with Crippen LogP contribution in [0.15, 0.2) is 48.5 Å². The number of hydrogen-bond donors (Lipinski definition) is 2. The number of aryl methyl sites for hydroxylation is 1. The van der Waals surface area contributed by atoms with Gasteiger partial charge in [-0.25, -0.2) is 4.79 Å². The van der Waals surface area contributed by atoms with Gasteiger partial charge in [0.15, 0.2) is 5.60 Å². The molecule has 1 saturated carbocycles. The molecule has 0 bridgehead atoms. The molecule has 1 amide bonds. The summed E-state index contributed by atoms with van der Waals surface area (Å²) in [5, 5.41) is 2.94. The summed E-state index contributed by atoms with van der Waals surface area (Å²) in [5.74, 6) is 0.460. The highest BCUT2D eigenvalue weighted by Crippen LogP contribution is 2.29. The molecule has 184 valence electrons. The highest BCUT2D eigenvalue weighted by molar-refractivity contribution is 5.94. The van der Waals surface area contributed by atoms with E-state index in [9.17, 15) is 9.59 Å². The maximum atomic E-state index is 12.8. The van der Waals surface area contributed by atoms with Gasteiger partial charge in [0, 0.05) is 18.7 Å². The van der Waals surface area contributed by atoms with Gasteiger partial charge in [0.2, 0.25) is 0 Å². The largest absolute Gasteiger partial charge is 0.476 e. The van der Waals surface area contributed by atoms with Gasteiger partial charge >= 0.3 is 5.97 Å². The van der Waals surface area contributed by atoms with Crippen molar-refractivity contribution in [1.82, 2.24) is 5.32 Å². The number of carbonyl (C=O) groups is 2. The first kappa shape index (κ1) is 25.8. The van der Waals surface area contributed by atoms with Gasteiger partial charge in [-0.3, -0.25) is 4.79 Å². The molecule has 6 nitrogen and oxygen atoms in total. The number of rotatable bonds is 10. The van der Waals surface area contributed by atoms with E-state index in [0.717, 1.165) is 24.0 Å². The van der Waals surface area contributed by atoms with Gasteiger partial charge in [-0.15, -0.1) is 0 Å². The molecule has 1 aliphatic carbocycles. The highest BCUT2D eigenvalue weighted by atomic mass is 16.6. The summed E-state index contributed by atoms with van der Waals surface area (Å²) in [7, 11) is 0. The molecule has 3 rings (SSSR count). The molecule has 1 atom stereocenters. The molecule has 2 aromatic rings. The lowest BCUT2D eigenvalue weighted by atomic mass is 9.85. The summed E-state index contributed by atoms with van der Waals surface area (Å²) >= 11 is 0. The van der Waals surface area contributed by atoms with Crippen molar-refractivity contribution in [2.45, 2.75) is 71.0 Å². The van der Waals surface area contributed by atoms with Gasteiger partial charge in [-0.05, 0) is 75.8 Å². The standard InChI is InChI=1S/C28H38N2O4/c1-20-9-13-23(14-10-20)26(31)30-18-17-21-11-15-24(16-12-21)34-28(2,3)27(32)33-25(19-29)22-7-5-4-6-8-22/h9-16,22,25H,4-8,17-19,29H2,1-3H3,(H,30,31). The molecule has 6 heteroatoms. The minimum absolute atomic E-state index is 0.0794. The number of esters is 1. The van der Waals surface area contributed by atoms with E-state index in [4.69, 9.17) is 15.2 Å². The molecule has 0 aliphatic heterocycles. The van der Waals surface area contributed by atoms with Crippen molar-refractivity contribution in [3.8, 4) is 5.75 Å². The molecule has 3 N–H and O–H groups in total. The zero-order valence-electron chi connectivity index (χ0n) is 20.6. The second-order valence-corrected chi connectivity index (χ2v) is 9.71. The second kappa shape index (κ2) is 12.0. The Labute approximate surface area is 203 Å². The van der Waals surface area contributed by atoms with Crippen LogP contribution in [0.1, 0.15) is 67.4 Å². The van der Waals surface area contributed by atoms with Crippen LogP contribution in [0.3, 0.4) is 0 Å². The fraction of sp³-hybridized carbons (Fsp3) is 0.500. The first-order valence-corrected chi connectivity index (χ1v) is 12.3. The summed E-state index contributed by atoms with van der Waals surface area (Å²) in [6.07, 6.45) is 6.13. The van der Waals surface area contributed by atoms with Crippen LogP contribution in [0.25, 0.3) is 0 Å². The summed E-state index contributed by atoms with van der Waals surface area (Å²) in [6, 6.07) is 15.1. The topological polar surface area (TPSA) is 90.6 Å². The number of nitrogens with one attached hydrogen (secondary N) is 1. The van der Waals surface area contributed by atoms with Crippen molar-refractivity contribution in [2.75, 3.05) is 13.1 Å². The smallest absolute Gasteiger partial charge is 0.350 e. The van der Waals surface area contributed by atoms with E-state index in [1.165, 1.54) is 19.3 Å².